The third-order valence-corrected chi connectivity index (χ3v) is 8.07. The Morgan fingerprint density at radius 1 is 0.841 bits per heavy atom. The molecule has 7 nitrogen and oxygen atoms in total. The van der Waals surface area contributed by atoms with Gasteiger partial charge in [0, 0.05) is 17.3 Å². The number of aromatic nitrogens is 5. The van der Waals surface area contributed by atoms with E-state index in [9.17, 15) is 4.79 Å². The second kappa shape index (κ2) is 11.9. The normalized spacial score (nSPS) is 12.0. The highest BCUT2D eigenvalue weighted by Gasteiger charge is 2.15. The summed E-state index contributed by atoms with van der Waals surface area (Å²) < 4.78 is 9.85. The molecule has 0 bridgehead atoms. The molecule has 0 aliphatic heterocycles. The van der Waals surface area contributed by atoms with Crippen molar-refractivity contribution in [2.24, 2.45) is 0 Å². The molecule has 214 valence electrons. The van der Waals surface area contributed by atoms with Crippen LogP contribution < -0.4 is 14.8 Å². The Kier molecular flexibility index (Phi) is 7.40. The third kappa shape index (κ3) is 5.84. The molecular formula is C36H27N5O2S. The predicted octanol–water partition coefficient (Wildman–Crippen LogP) is 6.61. The smallest absolute Gasteiger partial charge is 0.291 e. The molecule has 3 aromatic heterocycles. The van der Waals surface area contributed by atoms with Crippen LogP contribution in [0.1, 0.15) is 28.1 Å². The molecule has 7 aromatic rings. The number of aryl methyl sites for hydroxylation is 1. The van der Waals surface area contributed by atoms with Crippen molar-refractivity contribution in [3.8, 4) is 22.7 Å². The van der Waals surface area contributed by atoms with Gasteiger partial charge in [0.05, 0.1) is 10.2 Å². The number of para-hydroxylation sites is 1. The van der Waals surface area contributed by atoms with E-state index in [1.54, 1.807) is 0 Å². The summed E-state index contributed by atoms with van der Waals surface area (Å²) in [6.45, 7) is 2.53. The lowest BCUT2D eigenvalue weighted by molar-refractivity contribution is 0.306. The molecule has 0 N–H and O–H groups in total. The molecule has 0 unspecified atom stereocenters. The molecule has 0 radical (unpaired) electrons. The minimum atomic E-state index is -0.217. The number of ether oxygens (including phenoxy) is 1. The summed E-state index contributed by atoms with van der Waals surface area (Å²) in [4.78, 5) is 18.5. The topological polar surface area (TPSA) is 74.3 Å². The highest BCUT2D eigenvalue weighted by molar-refractivity contribution is 7.15. The van der Waals surface area contributed by atoms with Crippen LogP contribution in [-0.2, 0) is 6.61 Å². The lowest BCUT2D eigenvalue weighted by atomic mass is 10.1. The Balaban J connectivity index is 1.24. The minimum absolute atomic E-state index is 0.217. The van der Waals surface area contributed by atoms with Gasteiger partial charge in [0.15, 0.2) is 5.82 Å². The Morgan fingerprint density at radius 2 is 1.61 bits per heavy atom. The highest BCUT2D eigenvalue weighted by Crippen LogP contribution is 2.28. The molecule has 3 heterocycles. The number of hydrogen-bond donors (Lipinski definition) is 0. The summed E-state index contributed by atoms with van der Waals surface area (Å²) >= 11 is 1.31. The number of nitrogens with zero attached hydrogens (tertiary/aromatic N) is 5. The van der Waals surface area contributed by atoms with Gasteiger partial charge < -0.3 is 4.74 Å². The standard InChI is InChI=1S/C36H27N5O2S/c1-25-15-17-27(18-16-25)24-43-31-14-8-11-28(21-31)34-29(23-40(39-34)30-12-6-3-7-13-30)22-32-35(42)41-36(44-32)37-33(38-41)20-19-26-9-4-2-5-10-26/h2-23H,24H2,1H3/b20-19+,32-22-. The molecular weight excluding hydrogens is 566 g/mol. The largest absolute Gasteiger partial charge is 0.489 e. The monoisotopic (exact) mass is 593 g/mol. The van der Waals surface area contributed by atoms with Crippen molar-refractivity contribution in [3.63, 3.8) is 0 Å². The van der Waals surface area contributed by atoms with Gasteiger partial charge in [0.2, 0.25) is 4.96 Å². The average Bonchev–Trinajstić information content (AvgIpc) is 3.75. The number of hydrogen-bond acceptors (Lipinski definition) is 6. The Bertz CT molecular complexity index is 2200. The van der Waals surface area contributed by atoms with E-state index in [1.165, 1.54) is 21.4 Å². The molecule has 0 saturated heterocycles. The molecule has 44 heavy (non-hydrogen) atoms. The first kappa shape index (κ1) is 27.2. The first-order valence-electron chi connectivity index (χ1n) is 14.2. The summed E-state index contributed by atoms with van der Waals surface area (Å²) in [5, 5.41) is 9.38. The Labute approximate surface area is 257 Å². The number of fused-ring (bicyclic) bond motifs is 1. The van der Waals surface area contributed by atoms with E-state index >= 15 is 0 Å². The van der Waals surface area contributed by atoms with Gasteiger partial charge in [-0.2, -0.15) is 14.6 Å². The van der Waals surface area contributed by atoms with E-state index in [4.69, 9.17) is 9.84 Å². The Morgan fingerprint density at radius 3 is 2.39 bits per heavy atom. The minimum Gasteiger partial charge on any atom is -0.489 e. The fourth-order valence-electron chi connectivity index (χ4n) is 4.81. The van der Waals surface area contributed by atoms with E-state index in [2.05, 4.69) is 41.3 Å². The lowest BCUT2D eigenvalue weighted by Gasteiger charge is -2.08. The van der Waals surface area contributed by atoms with Crippen LogP contribution in [0.5, 0.6) is 5.75 Å². The molecule has 0 fully saturated rings. The van der Waals surface area contributed by atoms with Crippen molar-refractivity contribution >= 4 is 34.5 Å². The quantitative estimate of drug-likeness (QED) is 0.198. The molecule has 7 rings (SSSR count). The van der Waals surface area contributed by atoms with E-state index in [0.29, 0.717) is 21.9 Å². The molecule has 0 saturated carbocycles. The SMILES string of the molecule is Cc1ccc(COc2cccc(-c3nn(-c4ccccc4)cc3/C=c3\sc4nc(/C=C/c5ccccc5)nn4c3=O)c2)cc1. The second-order valence-electron chi connectivity index (χ2n) is 10.3. The van der Waals surface area contributed by atoms with Crippen molar-refractivity contribution in [1.82, 2.24) is 24.4 Å². The summed E-state index contributed by atoms with van der Waals surface area (Å²) in [6, 6.07) is 36.0. The third-order valence-electron chi connectivity index (χ3n) is 7.11. The zero-order chi connectivity index (χ0) is 29.9. The fraction of sp³-hybridized carbons (Fsp3) is 0.0556. The van der Waals surface area contributed by atoms with Crippen LogP contribution in [-0.4, -0.2) is 24.4 Å². The maximum absolute atomic E-state index is 13.4. The molecule has 0 aliphatic carbocycles. The van der Waals surface area contributed by atoms with E-state index in [1.807, 2.05) is 114 Å². The van der Waals surface area contributed by atoms with Gasteiger partial charge in [0.1, 0.15) is 18.1 Å². The lowest BCUT2D eigenvalue weighted by Crippen LogP contribution is -2.23. The van der Waals surface area contributed by atoms with Crippen LogP contribution in [0.2, 0.25) is 0 Å². The van der Waals surface area contributed by atoms with Crippen LogP contribution in [0.3, 0.4) is 0 Å². The van der Waals surface area contributed by atoms with E-state index in [-0.39, 0.29) is 5.56 Å². The van der Waals surface area contributed by atoms with Crippen LogP contribution in [0.25, 0.3) is 40.1 Å². The zero-order valence-electron chi connectivity index (χ0n) is 23.9. The van der Waals surface area contributed by atoms with Gasteiger partial charge >= 0.3 is 0 Å². The van der Waals surface area contributed by atoms with Gasteiger partial charge in [0.25, 0.3) is 5.56 Å². The highest BCUT2D eigenvalue weighted by atomic mass is 32.1. The molecule has 0 spiro atoms. The van der Waals surface area contributed by atoms with Gasteiger partial charge in [-0.25, -0.2) is 4.68 Å². The van der Waals surface area contributed by atoms with Crippen LogP contribution in [0, 0.1) is 6.92 Å². The predicted molar refractivity (Wildman–Crippen MR) is 176 cm³/mol. The van der Waals surface area contributed by atoms with Gasteiger partial charge in [-0.3, -0.25) is 4.79 Å². The van der Waals surface area contributed by atoms with Crippen molar-refractivity contribution in [1.29, 1.82) is 0 Å². The van der Waals surface area contributed by atoms with Crippen LogP contribution in [0.15, 0.2) is 120 Å². The zero-order valence-corrected chi connectivity index (χ0v) is 24.7. The van der Waals surface area contributed by atoms with E-state index < -0.39 is 0 Å². The van der Waals surface area contributed by atoms with Crippen LogP contribution >= 0.6 is 11.3 Å². The van der Waals surface area contributed by atoms with Gasteiger partial charge in [-0.1, -0.05) is 108 Å². The van der Waals surface area contributed by atoms with Crippen molar-refractivity contribution < 1.29 is 4.74 Å². The number of rotatable bonds is 8. The average molecular weight is 594 g/mol. The molecule has 0 amide bonds. The van der Waals surface area contributed by atoms with Gasteiger partial charge in [-0.05, 0) is 54.5 Å². The van der Waals surface area contributed by atoms with Crippen molar-refractivity contribution in [2.75, 3.05) is 0 Å². The molecule has 0 atom stereocenters. The summed E-state index contributed by atoms with van der Waals surface area (Å²) in [7, 11) is 0. The van der Waals surface area contributed by atoms with Gasteiger partial charge in [-0.15, -0.1) is 5.10 Å². The van der Waals surface area contributed by atoms with Crippen molar-refractivity contribution in [3.05, 3.63) is 158 Å². The maximum Gasteiger partial charge on any atom is 0.291 e. The fourth-order valence-corrected chi connectivity index (χ4v) is 5.72. The maximum atomic E-state index is 13.4. The molecule has 0 aliphatic rings. The van der Waals surface area contributed by atoms with Crippen LogP contribution in [0.4, 0.5) is 0 Å². The molecule has 4 aromatic carbocycles. The summed E-state index contributed by atoms with van der Waals surface area (Å²) in [5.74, 6) is 1.23. The summed E-state index contributed by atoms with van der Waals surface area (Å²) in [5.41, 5.74) is 6.47. The Hall–Kier alpha value is -5.60. The first-order valence-corrected chi connectivity index (χ1v) is 15.0. The first-order chi connectivity index (χ1) is 21.6. The number of benzene rings is 4. The second-order valence-corrected chi connectivity index (χ2v) is 11.3. The number of thiazole rings is 1. The summed E-state index contributed by atoms with van der Waals surface area (Å²) in [6.07, 6.45) is 7.55. The molecule has 8 heteroatoms. The van der Waals surface area contributed by atoms with Crippen molar-refractivity contribution in [2.45, 2.75) is 13.5 Å². The van der Waals surface area contributed by atoms with E-state index in [0.717, 1.165) is 39.4 Å².